The fourth-order valence-corrected chi connectivity index (χ4v) is 2.70. The highest BCUT2D eigenvalue weighted by Gasteiger charge is 2.27. The molecule has 2 aromatic rings. The van der Waals surface area contributed by atoms with Crippen molar-refractivity contribution in [3.05, 3.63) is 70.8 Å². The van der Waals surface area contributed by atoms with Gasteiger partial charge in [-0.15, -0.1) is 0 Å². The Balaban J connectivity index is 2.26. The number of carbonyl (C=O) groups is 2. The van der Waals surface area contributed by atoms with Gasteiger partial charge in [0, 0.05) is 7.11 Å². The highest BCUT2D eigenvalue weighted by molar-refractivity contribution is 5.87. The van der Waals surface area contributed by atoms with Crippen LogP contribution in [-0.4, -0.2) is 24.1 Å². The maximum absolute atomic E-state index is 12.5. The number of carbonyl (C=O) groups excluding carboxylic acids is 1. The van der Waals surface area contributed by atoms with Crippen molar-refractivity contribution in [3.8, 4) is 0 Å². The zero-order valence-corrected chi connectivity index (χ0v) is 13.9. The molecular formula is C19H21NO4. The Hall–Kier alpha value is -2.66. The Labute approximate surface area is 141 Å². The summed E-state index contributed by atoms with van der Waals surface area (Å²) in [5, 5.41) is 12.1. The lowest BCUT2D eigenvalue weighted by atomic mass is 10.0. The maximum atomic E-state index is 12.5. The normalized spacial score (nSPS) is 13.1. The number of carboxylic acids is 1. The lowest BCUT2D eigenvalue weighted by Crippen LogP contribution is -2.37. The summed E-state index contributed by atoms with van der Waals surface area (Å²) in [5.41, 5.74) is 3.09. The van der Waals surface area contributed by atoms with Gasteiger partial charge in [-0.3, -0.25) is 4.79 Å². The second-order valence-corrected chi connectivity index (χ2v) is 5.73. The van der Waals surface area contributed by atoms with Crippen LogP contribution in [0.5, 0.6) is 0 Å². The van der Waals surface area contributed by atoms with Crippen molar-refractivity contribution in [2.45, 2.75) is 26.0 Å². The quantitative estimate of drug-likeness (QED) is 0.855. The summed E-state index contributed by atoms with van der Waals surface area (Å²) >= 11 is 0. The largest absolute Gasteiger partial charge is 0.479 e. The van der Waals surface area contributed by atoms with Gasteiger partial charge >= 0.3 is 5.97 Å². The third-order valence-electron chi connectivity index (χ3n) is 3.69. The van der Waals surface area contributed by atoms with Gasteiger partial charge in [-0.05, 0) is 25.0 Å². The van der Waals surface area contributed by atoms with E-state index in [1.54, 1.807) is 36.4 Å². The molecule has 0 heterocycles. The van der Waals surface area contributed by atoms with E-state index in [0.29, 0.717) is 11.1 Å². The molecule has 0 radical (unpaired) electrons. The first kappa shape index (κ1) is 17.7. The fraction of sp³-hybridized carbons (Fsp3) is 0.263. The van der Waals surface area contributed by atoms with E-state index in [1.165, 1.54) is 7.11 Å². The third kappa shape index (κ3) is 4.20. The van der Waals surface area contributed by atoms with Gasteiger partial charge in [0.05, 0.1) is 0 Å². The van der Waals surface area contributed by atoms with E-state index in [9.17, 15) is 14.7 Å². The van der Waals surface area contributed by atoms with Crippen LogP contribution in [0.25, 0.3) is 0 Å². The molecule has 0 aliphatic heterocycles. The van der Waals surface area contributed by atoms with E-state index in [2.05, 4.69) is 5.32 Å². The topological polar surface area (TPSA) is 75.6 Å². The predicted octanol–water partition coefficient (Wildman–Crippen LogP) is 2.93. The molecule has 0 aliphatic carbocycles. The van der Waals surface area contributed by atoms with E-state index >= 15 is 0 Å². The summed E-state index contributed by atoms with van der Waals surface area (Å²) in [6.07, 6.45) is -0.862. The molecule has 24 heavy (non-hydrogen) atoms. The van der Waals surface area contributed by atoms with Gasteiger partial charge in [-0.1, -0.05) is 59.7 Å². The number of amides is 1. The van der Waals surface area contributed by atoms with Crippen molar-refractivity contribution in [1.29, 1.82) is 0 Å². The van der Waals surface area contributed by atoms with E-state index in [4.69, 9.17) is 4.74 Å². The van der Waals surface area contributed by atoms with Gasteiger partial charge in [0.1, 0.15) is 0 Å². The number of ether oxygens (including phenoxy) is 1. The fourth-order valence-electron chi connectivity index (χ4n) is 2.70. The van der Waals surface area contributed by atoms with E-state index in [-0.39, 0.29) is 0 Å². The molecule has 2 aromatic carbocycles. The van der Waals surface area contributed by atoms with Crippen LogP contribution in [0.2, 0.25) is 0 Å². The Bertz CT molecular complexity index is 707. The average molecular weight is 327 g/mol. The van der Waals surface area contributed by atoms with Crippen molar-refractivity contribution in [2.24, 2.45) is 0 Å². The van der Waals surface area contributed by atoms with Crippen LogP contribution in [0.15, 0.2) is 48.5 Å². The molecule has 0 aliphatic rings. The summed E-state index contributed by atoms with van der Waals surface area (Å²) in [7, 11) is 1.42. The maximum Gasteiger partial charge on any atom is 0.330 e. The van der Waals surface area contributed by atoms with Crippen LogP contribution >= 0.6 is 0 Å². The molecule has 2 rings (SSSR count). The second kappa shape index (κ2) is 7.75. The molecule has 2 unspecified atom stereocenters. The summed E-state index contributed by atoms with van der Waals surface area (Å²) < 4.78 is 5.26. The van der Waals surface area contributed by atoms with Crippen molar-refractivity contribution >= 4 is 11.9 Å². The number of rotatable bonds is 6. The van der Waals surface area contributed by atoms with Crippen LogP contribution in [0.1, 0.15) is 34.4 Å². The minimum Gasteiger partial charge on any atom is -0.479 e. The Morgan fingerprint density at radius 3 is 2.08 bits per heavy atom. The zero-order valence-electron chi connectivity index (χ0n) is 13.9. The number of aliphatic carboxylic acids is 1. The van der Waals surface area contributed by atoms with Gasteiger partial charge in [-0.2, -0.15) is 0 Å². The zero-order chi connectivity index (χ0) is 17.7. The summed E-state index contributed by atoms with van der Waals surface area (Å²) in [6.45, 7) is 3.78. The molecular weight excluding hydrogens is 306 g/mol. The molecule has 0 spiro atoms. The third-order valence-corrected chi connectivity index (χ3v) is 3.69. The van der Waals surface area contributed by atoms with Crippen molar-refractivity contribution < 1.29 is 19.4 Å². The van der Waals surface area contributed by atoms with Gasteiger partial charge in [0.25, 0.3) is 5.91 Å². The molecule has 2 N–H and O–H groups in total. The summed E-state index contributed by atoms with van der Waals surface area (Å²) in [5.74, 6) is -1.61. The average Bonchev–Trinajstić information content (AvgIpc) is 2.53. The summed E-state index contributed by atoms with van der Waals surface area (Å²) in [6, 6.07) is 13.3. The highest BCUT2D eigenvalue weighted by Crippen LogP contribution is 2.21. The first-order valence-corrected chi connectivity index (χ1v) is 7.61. The first-order valence-electron chi connectivity index (χ1n) is 7.61. The van der Waals surface area contributed by atoms with Crippen LogP contribution in [0.4, 0.5) is 0 Å². The van der Waals surface area contributed by atoms with Crippen molar-refractivity contribution in [1.82, 2.24) is 5.32 Å². The number of hydrogen-bond acceptors (Lipinski definition) is 3. The molecule has 1 amide bonds. The lowest BCUT2D eigenvalue weighted by molar-refractivity contribution is -0.144. The molecule has 0 bridgehead atoms. The number of benzene rings is 2. The van der Waals surface area contributed by atoms with Gasteiger partial charge in [0.15, 0.2) is 12.1 Å². The molecule has 0 saturated heterocycles. The minimum atomic E-state index is -1.13. The molecule has 2 atom stereocenters. The highest BCUT2D eigenvalue weighted by atomic mass is 16.5. The molecule has 0 fully saturated rings. The Kier molecular flexibility index (Phi) is 5.71. The van der Waals surface area contributed by atoms with Gasteiger partial charge < -0.3 is 15.2 Å². The van der Waals surface area contributed by atoms with E-state index in [0.717, 1.165) is 11.1 Å². The van der Waals surface area contributed by atoms with Crippen LogP contribution < -0.4 is 5.32 Å². The SMILES string of the molecule is COC(C(=O)NC(C(=O)O)c1cc(C)cc(C)c1)c1ccccc1. The predicted molar refractivity (Wildman–Crippen MR) is 90.6 cm³/mol. The monoisotopic (exact) mass is 327 g/mol. The Morgan fingerprint density at radius 2 is 1.58 bits per heavy atom. The summed E-state index contributed by atoms with van der Waals surface area (Å²) in [4.78, 5) is 24.2. The number of nitrogens with one attached hydrogen (secondary N) is 1. The number of methoxy groups -OCH3 is 1. The number of hydrogen-bond donors (Lipinski definition) is 2. The molecule has 5 nitrogen and oxygen atoms in total. The van der Waals surface area contributed by atoms with Crippen molar-refractivity contribution in [2.75, 3.05) is 7.11 Å². The van der Waals surface area contributed by atoms with Crippen molar-refractivity contribution in [3.63, 3.8) is 0 Å². The molecule has 5 heteroatoms. The standard InChI is InChI=1S/C19H21NO4/c1-12-9-13(2)11-15(10-12)16(19(22)23)20-18(21)17(24-3)14-7-5-4-6-8-14/h4-11,16-17H,1-3H3,(H,20,21)(H,22,23). The smallest absolute Gasteiger partial charge is 0.330 e. The second-order valence-electron chi connectivity index (χ2n) is 5.73. The molecule has 0 saturated carbocycles. The minimum absolute atomic E-state index is 0.491. The van der Waals surface area contributed by atoms with Gasteiger partial charge in [-0.25, -0.2) is 4.79 Å². The van der Waals surface area contributed by atoms with Crippen LogP contribution in [0.3, 0.4) is 0 Å². The number of aryl methyl sites for hydroxylation is 2. The molecule has 0 aromatic heterocycles. The van der Waals surface area contributed by atoms with E-state index < -0.39 is 24.0 Å². The lowest BCUT2D eigenvalue weighted by Gasteiger charge is -2.20. The van der Waals surface area contributed by atoms with Crippen LogP contribution in [0, 0.1) is 13.8 Å². The first-order chi connectivity index (χ1) is 11.4. The van der Waals surface area contributed by atoms with Crippen LogP contribution in [-0.2, 0) is 14.3 Å². The Morgan fingerprint density at radius 1 is 1.00 bits per heavy atom. The molecule has 126 valence electrons. The number of carboxylic acid groups (broad SMARTS) is 1. The van der Waals surface area contributed by atoms with Gasteiger partial charge in [0.2, 0.25) is 0 Å². The van der Waals surface area contributed by atoms with E-state index in [1.807, 2.05) is 26.0 Å².